The molecule has 0 saturated heterocycles. The third-order valence-electron chi connectivity index (χ3n) is 3.58. The summed E-state index contributed by atoms with van der Waals surface area (Å²) in [6.45, 7) is 3.97. The molecular formula is C17H21ClN6O. The van der Waals surface area contributed by atoms with E-state index in [-0.39, 0.29) is 0 Å². The van der Waals surface area contributed by atoms with Gasteiger partial charge in [-0.3, -0.25) is 0 Å². The number of pyridine rings is 1. The van der Waals surface area contributed by atoms with Gasteiger partial charge in [-0.05, 0) is 32.6 Å². The molecule has 3 aromatic heterocycles. The summed E-state index contributed by atoms with van der Waals surface area (Å²) in [5.74, 6) is 1.41. The molecule has 7 nitrogen and oxygen atoms in total. The summed E-state index contributed by atoms with van der Waals surface area (Å²) in [6.07, 6.45) is 1.75. The molecule has 1 N–H and O–H groups in total. The van der Waals surface area contributed by atoms with E-state index in [2.05, 4.69) is 25.3 Å². The Balaban J connectivity index is 1.69. The van der Waals surface area contributed by atoms with Crippen LogP contribution in [0.25, 0.3) is 5.65 Å². The Morgan fingerprint density at radius 2 is 2.12 bits per heavy atom. The maximum atomic E-state index is 6.10. The van der Waals surface area contributed by atoms with Crippen LogP contribution in [-0.4, -0.2) is 51.7 Å². The summed E-state index contributed by atoms with van der Waals surface area (Å²) >= 11 is 6.10. The Bertz CT molecular complexity index is 863. The van der Waals surface area contributed by atoms with E-state index in [0.717, 1.165) is 29.3 Å². The van der Waals surface area contributed by atoms with Gasteiger partial charge in [0.1, 0.15) is 17.6 Å². The van der Waals surface area contributed by atoms with Crippen molar-refractivity contribution in [3.63, 3.8) is 0 Å². The van der Waals surface area contributed by atoms with Crippen molar-refractivity contribution < 1.29 is 4.74 Å². The topological polar surface area (TPSA) is 67.6 Å². The third-order valence-corrected chi connectivity index (χ3v) is 3.77. The van der Waals surface area contributed by atoms with Gasteiger partial charge < -0.3 is 15.0 Å². The number of nitrogens with zero attached hydrogens (tertiary/aromatic N) is 5. The van der Waals surface area contributed by atoms with Gasteiger partial charge in [0.25, 0.3) is 0 Å². The second-order valence-corrected chi connectivity index (χ2v) is 6.41. The molecule has 3 heterocycles. The van der Waals surface area contributed by atoms with E-state index >= 15 is 0 Å². The molecule has 0 aliphatic rings. The first-order chi connectivity index (χ1) is 12.0. The van der Waals surface area contributed by atoms with Crippen LogP contribution in [0.15, 0.2) is 30.5 Å². The van der Waals surface area contributed by atoms with Crippen molar-refractivity contribution in [1.82, 2.24) is 24.5 Å². The average molecular weight is 361 g/mol. The zero-order valence-electron chi connectivity index (χ0n) is 14.5. The molecule has 0 radical (unpaired) electrons. The number of halogens is 1. The SMILES string of the molecule is Cc1cc2nc(Cl)cc(NCc3ccnc(OCCN(C)C)c3)n2n1. The Hall–Kier alpha value is -2.38. The van der Waals surface area contributed by atoms with Crippen LogP contribution in [0.3, 0.4) is 0 Å². The van der Waals surface area contributed by atoms with Crippen LogP contribution in [0.1, 0.15) is 11.3 Å². The molecule has 3 rings (SSSR count). The molecule has 8 heteroatoms. The molecule has 0 fully saturated rings. The smallest absolute Gasteiger partial charge is 0.213 e. The van der Waals surface area contributed by atoms with E-state index in [1.165, 1.54) is 0 Å². The van der Waals surface area contributed by atoms with Crippen molar-refractivity contribution in [3.8, 4) is 5.88 Å². The molecule has 0 unspecified atom stereocenters. The van der Waals surface area contributed by atoms with E-state index in [9.17, 15) is 0 Å². The molecule has 0 aliphatic heterocycles. The normalized spacial score (nSPS) is 11.2. The summed E-state index contributed by atoms with van der Waals surface area (Å²) in [5.41, 5.74) is 2.66. The Labute approximate surface area is 151 Å². The first kappa shape index (κ1) is 17.4. The van der Waals surface area contributed by atoms with E-state index in [1.807, 2.05) is 39.2 Å². The van der Waals surface area contributed by atoms with E-state index in [1.54, 1.807) is 16.8 Å². The highest BCUT2D eigenvalue weighted by Crippen LogP contribution is 2.18. The predicted molar refractivity (Wildman–Crippen MR) is 98.3 cm³/mol. The van der Waals surface area contributed by atoms with Crippen molar-refractivity contribution in [1.29, 1.82) is 0 Å². The second kappa shape index (κ2) is 7.67. The lowest BCUT2D eigenvalue weighted by Gasteiger charge is -2.12. The molecule has 0 spiro atoms. The predicted octanol–water partition coefficient (Wildman–Crippen LogP) is 2.64. The molecule has 25 heavy (non-hydrogen) atoms. The van der Waals surface area contributed by atoms with E-state index < -0.39 is 0 Å². The number of anilines is 1. The van der Waals surface area contributed by atoms with Crippen molar-refractivity contribution in [3.05, 3.63) is 46.9 Å². The van der Waals surface area contributed by atoms with Crippen molar-refractivity contribution in [2.45, 2.75) is 13.5 Å². The van der Waals surface area contributed by atoms with Crippen molar-refractivity contribution in [2.24, 2.45) is 0 Å². The fourth-order valence-electron chi connectivity index (χ4n) is 2.35. The summed E-state index contributed by atoms with van der Waals surface area (Å²) in [5, 5.41) is 8.20. The second-order valence-electron chi connectivity index (χ2n) is 6.03. The van der Waals surface area contributed by atoms with Crippen LogP contribution in [-0.2, 0) is 6.54 Å². The standard InChI is InChI=1S/C17H21ClN6O/c1-12-8-16-21-14(18)10-15(24(16)22-12)20-11-13-4-5-19-17(9-13)25-7-6-23(2)3/h4-5,8-10,20H,6-7,11H2,1-3H3. The Morgan fingerprint density at radius 3 is 2.92 bits per heavy atom. The van der Waals surface area contributed by atoms with Gasteiger partial charge >= 0.3 is 0 Å². The van der Waals surface area contributed by atoms with Crippen LogP contribution < -0.4 is 10.1 Å². The van der Waals surface area contributed by atoms with Gasteiger partial charge in [-0.15, -0.1) is 0 Å². The molecule has 0 amide bonds. The van der Waals surface area contributed by atoms with E-state index in [4.69, 9.17) is 16.3 Å². The maximum absolute atomic E-state index is 6.10. The minimum Gasteiger partial charge on any atom is -0.476 e. The monoisotopic (exact) mass is 360 g/mol. The van der Waals surface area contributed by atoms with Crippen LogP contribution in [0.4, 0.5) is 5.82 Å². The number of hydrogen-bond donors (Lipinski definition) is 1. The summed E-state index contributed by atoms with van der Waals surface area (Å²) in [6, 6.07) is 7.52. The van der Waals surface area contributed by atoms with E-state index in [0.29, 0.717) is 24.2 Å². The molecule has 0 bridgehead atoms. The van der Waals surface area contributed by atoms with Gasteiger partial charge in [0.15, 0.2) is 5.65 Å². The minimum absolute atomic E-state index is 0.428. The number of likely N-dealkylation sites (N-methyl/N-ethyl adjacent to an activating group) is 1. The summed E-state index contributed by atoms with van der Waals surface area (Å²) < 4.78 is 7.42. The zero-order chi connectivity index (χ0) is 17.8. The average Bonchev–Trinajstić information content (AvgIpc) is 2.92. The number of hydrogen-bond acceptors (Lipinski definition) is 6. The highest BCUT2D eigenvalue weighted by Gasteiger charge is 2.07. The van der Waals surface area contributed by atoms with Crippen LogP contribution in [0.5, 0.6) is 5.88 Å². The summed E-state index contributed by atoms with van der Waals surface area (Å²) in [7, 11) is 4.02. The number of aromatic nitrogens is 4. The Morgan fingerprint density at radius 1 is 1.28 bits per heavy atom. The van der Waals surface area contributed by atoms with Gasteiger partial charge in [0.05, 0.1) is 5.69 Å². The Kier molecular flexibility index (Phi) is 5.35. The van der Waals surface area contributed by atoms with Crippen LogP contribution in [0, 0.1) is 6.92 Å². The molecule has 0 aromatic carbocycles. The quantitative estimate of drug-likeness (QED) is 0.653. The largest absolute Gasteiger partial charge is 0.476 e. The van der Waals surface area contributed by atoms with Gasteiger partial charge in [-0.2, -0.15) is 9.61 Å². The fourth-order valence-corrected chi connectivity index (χ4v) is 2.54. The zero-order valence-corrected chi connectivity index (χ0v) is 15.3. The van der Waals surface area contributed by atoms with Gasteiger partial charge in [0, 0.05) is 37.5 Å². The van der Waals surface area contributed by atoms with Crippen molar-refractivity contribution >= 4 is 23.1 Å². The number of aryl methyl sites for hydroxylation is 1. The van der Waals surface area contributed by atoms with Gasteiger partial charge in [-0.1, -0.05) is 11.6 Å². The van der Waals surface area contributed by atoms with Crippen LogP contribution >= 0.6 is 11.6 Å². The lowest BCUT2D eigenvalue weighted by molar-refractivity contribution is 0.253. The third kappa shape index (κ3) is 4.58. The lowest BCUT2D eigenvalue weighted by atomic mass is 10.2. The first-order valence-corrected chi connectivity index (χ1v) is 8.38. The number of fused-ring (bicyclic) bond motifs is 1. The molecule has 0 aliphatic carbocycles. The maximum Gasteiger partial charge on any atom is 0.213 e. The van der Waals surface area contributed by atoms with Crippen molar-refractivity contribution in [2.75, 3.05) is 32.6 Å². The minimum atomic E-state index is 0.428. The molecule has 132 valence electrons. The number of ether oxygens (including phenoxy) is 1. The fraction of sp³-hybridized carbons (Fsp3) is 0.353. The highest BCUT2D eigenvalue weighted by atomic mass is 35.5. The molecular weight excluding hydrogens is 340 g/mol. The first-order valence-electron chi connectivity index (χ1n) is 8.00. The highest BCUT2D eigenvalue weighted by molar-refractivity contribution is 6.29. The van der Waals surface area contributed by atoms with Gasteiger partial charge in [0.2, 0.25) is 5.88 Å². The summed E-state index contributed by atoms with van der Waals surface area (Å²) in [4.78, 5) is 10.6. The molecule has 0 saturated carbocycles. The number of nitrogens with one attached hydrogen (secondary N) is 1. The van der Waals surface area contributed by atoms with Crippen LogP contribution in [0.2, 0.25) is 5.15 Å². The molecule has 0 atom stereocenters. The number of rotatable bonds is 7. The van der Waals surface area contributed by atoms with Gasteiger partial charge in [-0.25, -0.2) is 9.97 Å². The molecule has 3 aromatic rings. The lowest BCUT2D eigenvalue weighted by Crippen LogP contribution is -2.19.